The van der Waals surface area contributed by atoms with Gasteiger partial charge >= 0.3 is 5.97 Å². The second-order valence-electron chi connectivity index (χ2n) is 4.83. The Labute approximate surface area is 105 Å². The first-order valence-electron chi connectivity index (χ1n) is 5.52. The molecule has 0 atom stereocenters. The van der Waals surface area contributed by atoms with Crippen molar-refractivity contribution in [3.8, 4) is 0 Å². The summed E-state index contributed by atoms with van der Waals surface area (Å²) in [5.41, 5.74) is -0.530. The molecule has 3 nitrogen and oxygen atoms in total. The van der Waals surface area contributed by atoms with Crippen LogP contribution < -0.4 is 4.90 Å². The van der Waals surface area contributed by atoms with E-state index in [-0.39, 0.29) is 18.2 Å². The Bertz CT molecular complexity index is 447. The summed E-state index contributed by atoms with van der Waals surface area (Å²) >= 11 is 0. The average molecular weight is 257 g/mol. The summed E-state index contributed by atoms with van der Waals surface area (Å²) in [7, 11) is 2.95. The molecule has 0 saturated heterocycles. The number of benzene rings is 1. The maximum absolute atomic E-state index is 13.6. The maximum Gasteiger partial charge on any atom is 0.313 e. The lowest BCUT2D eigenvalue weighted by Crippen LogP contribution is -2.38. The highest BCUT2D eigenvalue weighted by atomic mass is 19.1. The number of ether oxygens (including phenoxy) is 1. The lowest BCUT2D eigenvalue weighted by Gasteiger charge is -2.29. The molecule has 5 heteroatoms. The van der Waals surface area contributed by atoms with Crippen LogP contribution >= 0.6 is 0 Å². The number of halogens is 2. The molecule has 0 fully saturated rings. The Morgan fingerprint density at radius 2 is 2.00 bits per heavy atom. The lowest BCUT2D eigenvalue weighted by atomic mass is 9.93. The van der Waals surface area contributed by atoms with Crippen LogP contribution in [0.3, 0.4) is 0 Å². The van der Waals surface area contributed by atoms with E-state index in [0.717, 1.165) is 6.07 Å². The fourth-order valence-electron chi connectivity index (χ4n) is 1.81. The Balaban J connectivity index is 2.88. The minimum Gasteiger partial charge on any atom is -0.469 e. The van der Waals surface area contributed by atoms with Gasteiger partial charge in [0.15, 0.2) is 0 Å². The first-order chi connectivity index (χ1) is 8.27. The topological polar surface area (TPSA) is 29.5 Å². The molecule has 0 saturated carbocycles. The van der Waals surface area contributed by atoms with Crippen molar-refractivity contribution in [1.29, 1.82) is 0 Å². The fraction of sp³-hybridized carbons (Fsp3) is 0.462. The molecule has 0 aliphatic rings. The van der Waals surface area contributed by atoms with Gasteiger partial charge in [-0.25, -0.2) is 8.78 Å². The minimum atomic E-state index is -0.773. The van der Waals surface area contributed by atoms with E-state index in [2.05, 4.69) is 4.74 Å². The molecule has 0 bridgehead atoms. The maximum atomic E-state index is 13.6. The normalized spacial score (nSPS) is 11.2. The SMILES string of the molecule is COC(=O)C(C)(C)CN(C)c1ccc(F)cc1F. The van der Waals surface area contributed by atoms with Crippen LogP contribution in [0.15, 0.2) is 18.2 Å². The van der Waals surface area contributed by atoms with Crippen molar-refractivity contribution in [3.63, 3.8) is 0 Å². The van der Waals surface area contributed by atoms with Gasteiger partial charge in [-0.3, -0.25) is 4.79 Å². The zero-order valence-electron chi connectivity index (χ0n) is 11.0. The van der Waals surface area contributed by atoms with Gasteiger partial charge < -0.3 is 9.64 Å². The van der Waals surface area contributed by atoms with Crippen molar-refractivity contribution < 1.29 is 18.3 Å². The zero-order valence-corrected chi connectivity index (χ0v) is 11.0. The third-order valence-electron chi connectivity index (χ3n) is 2.69. The van der Waals surface area contributed by atoms with Gasteiger partial charge in [-0.2, -0.15) is 0 Å². The van der Waals surface area contributed by atoms with E-state index >= 15 is 0 Å². The number of anilines is 1. The quantitative estimate of drug-likeness (QED) is 0.776. The van der Waals surface area contributed by atoms with Crippen molar-refractivity contribution in [2.75, 3.05) is 25.6 Å². The molecule has 0 aromatic heterocycles. The second-order valence-corrected chi connectivity index (χ2v) is 4.83. The van der Waals surface area contributed by atoms with Crippen LogP contribution in [0.4, 0.5) is 14.5 Å². The van der Waals surface area contributed by atoms with Crippen LogP contribution in [0.25, 0.3) is 0 Å². The Morgan fingerprint density at radius 3 is 2.50 bits per heavy atom. The van der Waals surface area contributed by atoms with E-state index in [1.54, 1.807) is 25.8 Å². The first kappa shape index (κ1) is 14.4. The predicted molar refractivity (Wildman–Crippen MR) is 65.4 cm³/mol. The highest BCUT2D eigenvalue weighted by molar-refractivity contribution is 5.76. The summed E-state index contributed by atoms with van der Waals surface area (Å²) in [5.74, 6) is -1.66. The highest BCUT2D eigenvalue weighted by Crippen LogP contribution is 2.24. The molecule has 0 aliphatic carbocycles. The number of rotatable bonds is 4. The molecule has 0 spiro atoms. The van der Waals surface area contributed by atoms with E-state index in [9.17, 15) is 13.6 Å². The van der Waals surface area contributed by atoms with Gasteiger partial charge in [0.2, 0.25) is 0 Å². The van der Waals surface area contributed by atoms with Crippen molar-refractivity contribution in [1.82, 2.24) is 0 Å². The van der Waals surface area contributed by atoms with Gasteiger partial charge in [0.05, 0.1) is 18.2 Å². The lowest BCUT2D eigenvalue weighted by molar-refractivity contribution is -0.150. The van der Waals surface area contributed by atoms with Crippen molar-refractivity contribution in [2.24, 2.45) is 5.41 Å². The number of carbonyl (C=O) groups is 1. The Kier molecular flexibility index (Phi) is 4.27. The standard InChI is InChI=1S/C13H17F2NO2/c1-13(2,12(17)18-4)8-16(3)11-6-5-9(14)7-10(11)15/h5-7H,8H2,1-4H3. The number of hydrogen-bond acceptors (Lipinski definition) is 3. The molecule has 1 aromatic rings. The molecule has 100 valence electrons. The van der Waals surface area contributed by atoms with Gasteiger partial charge in [0.25, 0.3) is 0 Å². The summed E-state index contributed by atoms with van der Waals surface area (Å²) in [5, 5.41) is 0. The van der Waals surface area contributed by atoms with Gasteiger partial charge in [0.1, 0.15) is 11.6 Å². The Hall–Kier alpha value is -1.65. The van der Waals surface area contributed by atoms with Crippen LogP contribution in [-0.4, -0.2) is 26.7 Å². The van der Waals surface area contributed by atoms with Crippen LogP contribution in [0.2, 0.25) is 0 Å². The van der Waals surface area contributed by atoms with E-state index < -0.39 is 17.0 Å². The number of nitrogens with zero attached hydrogens (tertiary/aromatic N) is 1. The zero-order chi connectivity index (χ0) is 13.9. The molecule has 0 aliphatic heterocycles. The van der Waals surface area contributed by atoms with E-state index in [1.165, 1.54) is 19.2 Å². The van der Waals surface area contributed by atoms with Crippen LogP contribution in [-0.2, 0) is 9.53 Å². The molecule has 1 aromatic carbocycles. The molecular weight excluding hydrogens is 240 g/mol. The second kappa shape index (κ2) is 5.33. The first-order valence-corrected chi connectivity index (χ1v) is 5.52. The summed E-state index contributed by atoms with van der Waals surface area (Å²) in [6.45, 7) is 3.68. The van der Waals surface area contributed by atoms with Crippen molar-refractivity contribution in [3.05, 3.63) is 29.8 Å². The molecule has 0 N–H and O–H groups in total. The molecule has 18 heavy (non-hydrogen) atoms. The van der Waals surface area contributed by atoms with Crippen LogP contribution in [0.5, 0.6) is 0 Å². The molecule has 0 heterocycles. The van der Waals surface area contributed by atoms with Gasteiger partial charge in [-0.05, 0) is 26.0 Å². The third kappa shape index (κ3) is 3.18. The van der Waals surface area contributed by atoms with E-state index in [1.807, 2.05) is 0 Å². The van der Waals surface area contributed by atoms with Crippen LogP contribution in [0.1, 0.15) is 13.8 Å². The van der Waals surface area contributed by atoms with Gasteiger partial charge in [-0.15, -0.1) is 0 Å². The number of carbonyl (C=O) groups excluding carboxylic acids is 1. The van der Waals surface area contributed by atoms with E-state index in [0.29, 0.717) is 0 Å². The Morgan fingerprint density at radius 1 is 1.39 bits per heavy atom. The molecular formula is C13H17F2NO2. The average Bonchev–Trinajstić information content (AvgIpc) is 2.26. The largest absolute Gasteiger partial charge is 0.469 e. The van der Waals surface area contributed by atoms with Crippen molar-refractivity contribution >= 4 is 11.7 Å². The van der Waals surface area contributed by atoms with E-state index in [4.69, 9.17) is 0 Å². The fourth-order valence-corrected chi connectivity index (χ4v) is 1.81. The third-order valence-corrected chi connectivity index (χ3v) is 2.69. The predicted octanol–water partition coefficient (Wildman–Crippen LogP) is 2.60. The van der Waals surface area contributed by atoms with Gasteiger partial charge in [0, 0.05) is 19.7 Å². The summed E-state index contributed by atoms with van der Waals surface area (Å²) in [6, 6.07) is 3.34. The smallest absolute Gasteiger partial charge is 0.313 e. The van der Waals surface area contributed by atoms with Crippen LogP contribution in [0, 0.1) is 17.0 Å². The summed E-state index contributed by atoms with van der Waals surface area (Å²) < 4.78 is 31.0. The number of methoxy groups -OCH3 is 1. The minimum absolute atomic E-state index is 0.244. The van der Waals surface area contributed by atoms with Crippen molar-refractivity contribution in [2.45, 2.75) is 13.8 Å². The highest BCUT2D eigenvalue weighted by Gasteiger charge is 2.30. The monoisotopic (exact) mass is 257 g/mol. The molecule has 0 unspecified atom stereocenters. The number of hydrogen-bond donors (Lipinski definition) is 0. The number of esters is 1. The summed E-state index contributed by atoms with van der Waals surface area (Å²) in [4.78, 5) is 13.1. The molecule has 1 rings (SSSR count). The summed E-state index contributed by atoms with van der Waals surface area (Å²) in [6.07, 6.45) is 0. The van der Waals surface area contributed by atoms with Gasteiger partial charge in [-0.1, -0.05) is 0 Å². The molecule has 0 radical (unpaired) electrons. The molecule has 0 amide bonds.